The van der Waals surface area contributed by atoms with Crippen molar-refractivity contribution < 1.29 is 19.1 Å². The molecule has 21 heavy (non-hydrogen) atoms. The van der Waals surface area contributed by atoms with Gasteiger partial charge in [-0.1, -0.05) is 0 Å². The average molecular weight is 302 g/mol. The molecule has 6 heteroatoms. The largest absolute Gasteiger partial charge is 0.466 e. The first-order valence-corrected chi connectivity index (χ1v) is 7.52. The van der Waals surface area contributed by atoms with E-state index in [4.69, 9.17) is 9.47 Å². The van der Waals surface area contributed by atoms with Crippen molar-refractivity contribution in [1.29, 1.82) is 0 Å². The molecule has 0 aromatic carbocycles. The second kappa shape index (κ2) is 12.6. The summed E-state index contributed by atoms with van der Waals surface area (Å²) in [5.74, 6) is -0.483. The maximum Gasteiger partial charge on any atom is 0.305 e. The van der Waals surface area contributed by atoms with Gasteiger partial charge in [0, 0.05) is 25.9 Å². The molecule has 0 aromatic heterocycles. The minimum Gasteiger partial charge on any atom is -0.466 e. The van der Waals surface area contributed by atoms with Gasteiger partial charge in [-0.3, -0.25) is 9.59 Å². The zero-order valence-corrected chi connectivity index (χ0v) is 13.9. The van der Waals surface area contributed by atoms with Crippen LogP contribution >= 0.6 is 0 Å². The van der Waals surface area contributed by atoms with Gasteiger partial charge in [0.05, 0.1) is 13.2 Å². The highest BCUT2D eigenvalue weighted by molar-refractivity contribution is 5.72. The molecule has 0 amide bonds. The van der Waals surface area contributed by atoms with Crippen molar-refractivity contribution in [2.75, 3.05) is 54.5 Å². The Hall–Kier alpha value is -1.14. The summed E-state index contributed by atoms with van der Waals surface area (Å²) in [5.41, 5.74) is 0. The van der Waals surface area contributed by atoms with Crippen LogP contribution in [0.3, 0.4) is 0 Å². The lowest BCUT2D eigenvalue weighted by molar-refractivity contribution is -0.145. The fourth-order valence-electron chi connectivity index (χ4n) is 1.65. The van der Waals surface area contributed by atoms with Gasteiger partial charge in [0.2, 0.25) is 0 Å². The maximum atomic E-state index is 11.4. The Labute approximate surface area is 128 Å². The first-order chi connectivity index (χ1) is 9.91. The Balaban J connectivity index is 3.43. The molecule has 0 spiro atoms. The number of rotatable bonds is 12. The number of nitrogens with zero attached hydrogens (tertiary/aromatic N) is 2. The molecule has 0 unspecified atom stereocenters. The quantitative estimate of drug-likeness (QED) is 0.398. The molecule has 0 saturated carbocycles. The van der Waals surface area contributed by atoms with Crippen molar-refractivity contribution in [3.63, 3.8) is 0 Å². The Morgan fingerprint density at radius 1 is 0.714 bits per heavy atom. The second-order valence-electron chi connectivity index (χ2n) is 5.61. The predicted octanol–water partition coefficient (Wildman–Crippen LogP) is 1.15. The van der Waals surface area contributed by atoms with Crippen molar-refractivity contribution in [1.82, 2.24) is 9.80 Å². The van der Waals surface area contributed by atoms with E-state index in [-0.39, 0.29) is 24.8 Å². The van der Waals surface area contributed by atoms with E-state index in [9.17, 15) is 9.59 Å². The van der Waals surface area contributed by atoms with Crippen LogP contribution in [0.2, 0.25) is 0 Å². The van der Waals surface area contributed by atoms with Crippen LogP contribution in [0.1, 0.15) is 32.1 Å². The molecule has 0 aromatic rings. The molecule has 6 nitrogen and oxygen atoms in total. The smallest absolute Gasteiger partial charge is 0.305 e. The standard InChI is InChI=1S/C15H30N2O4/c1-16(2)10-6-12-20-14(18)8-5-9-15(19)21-13-7-11-17(3)4/h5-13H2,1-4H3. The Bertz CT molecular complexity index is 265. The van der Waals surface area contributed by atoms with Gasteiger partial charge in [0.15, 0.2) is 0 Å². The molecule has 0 heterocycles. The first-order valence-electron chi connectivity index (χ1n) is 7.52. The molecule has 0 rings (SSSR count). The van der Waals surface area contributed by atoms with Crippen molar-refractivity contribution in [2.45, 2.75) is 32.1 Å². The van der Waals surface area contributed by atoms with Crippen LogP contribution in [-0.2, 0) is 19.1 Å². The fourth-order valence-corrected chi connectivity index (χ4v) is 1.65. The van der Waals surface area contributed by atoms with E-state index in [2.05, 4.69) is 0 Å². The predicted molar refractivity (Wildman–Crippen MR) is 82.1 cm³/mol. The number of carbonyl (C=O) groups is 2. The van der Waals surface area contributed by atoms with Crippen molar-refractivity contribution in [3.8, 4) is 0 Å². The van der Waals surface area contributed by atoms with Gasteiger partial charge in [-0.25, -0.2) is 0 Å². The molecular formula is C15H30N2O4. The van der Waals surface area contributed by atoms with E-state index < -0.39 is 0 Å². The average Bonchev–Trinajstić information content (AvgIpc) is 2.39. The molecule has 0 saturated heterocycles. The number of carbonyl (C=O) groups excluding carboxylic acids is 2. The minimum atomic E-state index is -0.242. The lowest BCUT2D eigenvalue weighted by Gasteiger charge is -2.10. The van der Waals surface area contributed by atoms with Crippen LogP contribution in [-0.4, -0.2) is 76.2 Å². The van der Waals surface area contributed by atoms with Gasteiger partial charge < -0.3 is 19.3 Å². The van der Waals surface area contributed by atoms with E-state index >= 15 is 0 Å². The molecule has 124 valence electrons. The molecule has 0 fully saturated rings. The van der Waals surface area contributed by atoms with Crippen molar-refractivity contribution >= 4 is 11.9 Å². The van der Waals surface area contributed by atoms with Gasteiger partial charge >= 0.3 is 11.9 Å². The van der Waals surface area contributed by atoms with Gasteiger partial charge in [-0.15, -0.1) is 0 Å². The minimum absolute atomic E-state index is 0.242. The summed E-state index contributed by atoms with van der Waals surface area (Å²) in [6, 6.07) is 0. The Morgan fingerprint density at radius 2 is 1.10 bits per heavy atom. The number of esters is 2. The zero-order chi connectivity index (χ0) is 16.1. The first kappa shape index (κ1) is 19.9. The van der Waals surface area contributed by atoms with Crippen LogP contribution in [0.15, 0.2) is 0 Å². The van der Waals surface area contributed by atoms with E-state index in [1.165, 1.54) is 0 Å². The van der Waals surface area contributed by atoms with E-state index in [0.717, 1.165) is 25.9 Å². The summed E-state index contributed by atoms with van der Waals surface area (Å²) in [7, 11) is 7.91. The molecule has 0 aliphatic rings. The highest BCUT2D eigenvalue weighted by Crippen LogP contribution is 2.01. The van der Waals surface area contributed by atoms with E-state index in [1.807, 2.05) is 38.0 Å². The number of hydrogen-bond donors (Lipinski definition) is 0. The van der Waals surface area contributed by atoms with E-state index in [1.54, 1.807) is 0 Å². The fraction of sp³-hybridized carbons (Fsp3) is 0.867. The van der Waals surface area contributed by atoms with Crippen molar-refractivity contribution in [2.24, 2.45) is 0 Å². The summed E-state index contributed by atoms with van der Waals surface area (Å²) >= 11 is 0. The molecular weight excluding hydrogens is 272 g/mol. The maximum absolute atomic E-state index is 11.4. The third-order valence-electron chi connectivity index (χ3n) is 2.79. The highest BCUT2D eigenvalue weighted by Gasteiger charge is 2.07. The molecule has 0 bridgehead atoms. The zero-order valence-electron chi connectivity index (χ0n) is 13.9. The van der Waals surface area contributed by atoms with Crippen LogP contribution in [0, 0.1) is 0 Å². The summed E-state index contributed by atoms with van der Waals surface area (Å²) in [6.45, 7) is 2.66. The van der Waals surface area contributed by atoms with Crippen LogP contribution in [0.25, 0.3) is 0 Å². The van der Waals surface area contributed by atoms with Crippen LogP contribution in [0.4, 0.5) is 0 Å². The number of hydrogen-bond acceptors (Lipinski definition) is 6. The Kier molecular flexibility index (Phi) is 11.9. The molecule has 0 radical (unpaired) electrons. The molecule has 0 aliphatic carbocycles. The van der Waals surface area contributed by atoms with Gasteiger partial charge in [-0.05, 0) is 47.5 Å². The second-order valence-corrected chi connectivity index (χ2v) is 5.61. The third-order valence-corrected chi connectivity index (χ3v) is 2.79. The van der Waals surface area contributed by atoms with Crippen molar-refractivity contribution in [3.05, 3.63) is 0 Å². The summed E-state index contributed by atoms with van der Waals surface area (Å²) < 4.78 is 10.2. The van der Waals surface area contributed by atoms with Crippen LogP contribution < -0.4 is 0 Å². The van der Waals surface area contributed by atoms with Gasteiger partial charge in [0.1, 0.15) is 0 Å². The summed E-state index contributed by atoms with van der Waals surface area (Å²) in [4.78, 5) is 26.9. The Morgan fingerprint density at radius 3 is 1.43 bits per heavy atom. The SMILES string of the molecule is CN(C)CCCOC(=O)CCCC(=O)OCCCN(C)C. The lowest BCUT2D eigenvalue weighted by Crippen LogP contribution is -2.17. The lowest BCUT2D eigenvalue weighted by atomic mass is 10.2. The highest BCUT2D eigenvalue weighted by atomic mass is 16.5. The monoisotopic (exact) mass is 302 g/mol. The summed E-state index contributed by atoms with van der Waals surface area (Å²) in [5, 5.41) is 0. The van der Waals surface area contributed by atoms with E-state index in [0.29, 0.717) is 19.6 Å². The molecule has 0 N–H and O–H groups in total. The normalized spacial score (nSPS) is 11.0. The topological polar surface area (TPSA) is 59.1 Å². The van der Waals surface area contributed by atoms with Gasteiger partial charge in [0.25, 0.3) is 0 Å². The van der Waals surface area contributed by atoms with Gasteiger partial charge in [-0.2, -0.15) is 0 Å². The third kappa shape index (κ3) is 15.1. The number of ether oxygens (including phenoxy) is 2. The molecule has 0 aliphatic heterocycles. The van der Waals surface area contributed by atoms with Crippen LogP contribution in [0.5, 0.6) is 0 Å². The molecule has 0 atom stereocenters. The summed E-state index contributed by atoms with van der Waals surface area (Å²) in [6.07, 6.45) is 2.68.